The van der Waals surface area contributed by atoms with E-state index in [-0.39, 0.29) is 22.6 Å². The molecule has 1 aliphatic rings. The van der Waals surface area contributed by atoms with Crippen molar-refractivity contribution in [2.24, 2.45) is 0 Å². The standard InChI is InChI=1S/C17H22Cl2O7/c1-5-8-9(12(20)11(19)13(21)10(8)18)17(23)26-16-7(3)25-6(2)15(24-4)14(16)22/h6-7,14-16,20-22H,5H2,1-4H3/t6-,7+,14+,15+,16+/m0/s1. The normalized spacial score (nSPS) is 28.8. The highest BCUT2D eigenvalue weighted by molar-refractivity contribution is 6.39. The monoisotopic (exact) mass is 408 g/mol. The first-order chi connectivity index (χ1) is 12.1. The molecule has 1 fully saturated rings. The zero-order valence-corrected chi connectivity index (χ0v) is 16.3. The fourth-order valence-corrected chi connectivity index (χ4v) is 3.74. The van der Waals surface area contributed by atoms with Gasteiger partial charge in [-0.1, -0.05) is 30.1 Å². The van der Waals surface area contributed by atoms with Crippen LogP contribution in [0.5, 0.6) is 11.5 Å². The molecule has 0 unspecified atom stereocenters. The van der Waals surface area contributed by atoms with E-state index in [9.17, 15) is 20.1 Å². The Morgan fingerprint density at radius 1 is 1.12 bits per heavy atom. The van der Waals surface area contributed by atoms with Gasteiger partial charge in [0.15, 0.2) is 17.6 Å². The Hall–Kier alpha value is -1.25. The summed E-state index contributed by atoms with van der Waals surface area (Å²) in [6.07, 6.45) is -3.60. The van der Waals surface area contributed by atoms with Gasteiger partial charge >= 0.3 is 5.97 Å². The number of aromatic hydroxyl groups is 2. The Morgan fingerprint density at radius 3 is 2.23 bits per heavy atom. The molecule has 0 bridgehead atoms. The van der Waals surface area contributed by atoms with Crippen LogP contribution in [0.2, 0.25) is 10.0 Å². The first-order valence-corrected chi connectivity index (χ1v) is 8.90. The number of hydrogen-bond acceptors (Lipinski definition) is 7. The first-order valence-electron chi connectivity index (χ1n) is 8.14. The van der Waals surface area contributed by atoms with Crippen LogP contribution in [0.4, 0.5) is 0 Å². The van der Waals surface area contributed by atoms with Gasteiger partial charge in [-0.05, 0) is 25.8 Å². The van der Waals surface area contributed by atoms with Crippen molar-refractivity contribution in [3.05, 3.63) is 21.2 Å². The smallest absolute Gasteiger partial charge is 0.342 e. The molecule has 26 heavy (non-hydrogen) atoms. The molecule has 3 N–H and O–H groups in total. The van der Waals surface area contributed by atoms with E-state index in [2.05, 4.69) is 0 Å². The van der Waals surface area contributed by atoms with Crippen LogP contribution >= 0.6 is 23.2 Å². The van der Waals surface area contributed by atoms with Crippen LogP contribution in [0.1, 0.15) is 36.7 Å². The van der Waals surface area contributed by atoms with Crippen molar-refractivity contribution < 1.29 is 34.3 Å². The third-order valence-electron chi connectivity index (χ3n) is 4.53. The summed E-state index contributed by atoms with van der Waals surface area (Å²) in [6.45, 7) is 5.09. The van der Waals surface area contributed by atoms with Crippen molar-refractivity contribution in [2.45, 2.75) is 57.7 Å². The summed E-state index contributed by atoms with van der Waals surface area (Å²) in [5.74, 6) is -2.08. The predicted octanol–water partition coefficient (Wildman–Crippen LogP) is 2.68. The number of carbonyl (C=O) groups is 1. The van der Waals surface area contributed by atoms with E-state index in [1.54, 1.807) is 20.8 Å². The fourth-order valence-electron chi connectivity index (χ4n) is 3.18. The van der Waals surface area contributed by atoms with E-state index in [4.69, 9.17) is 37.4 Å². The Balaban J connectivity index is 2.38. The molecule has 0 radical (unpaired) electrons. The number of carbonyl (C=O) groups excluding carboxylic acids is 1. The van der Waals surface area contributed by atoms with Crippen LogP contribution in [0.25, 0.3) is 0 Å². The second-order valence-corrected chi connectivity index (χ2v) is 6.90. The van der Waals surface area contributed by atoms with Crippen molar-refractivity contribution >= 4 is 29.2 Å². The second kappa shape index (κ2) is 8.19. The number of methoxy groups -OCH3 is 1. The van der Waals surface area contributed by atoms with Crippen LogP contribution in [-0.4, -0.2) is 58.9 Å². The number of hydrogen-bond donors (Lipinski definition) is 3. The first kappa shape index (κ1) is 21.1. The molecule has 1 heterocycles. The van der Waals surface area contributed by atoms with Gasteiger partial charge in [-0.15, -0.1) is 0 Å². The molecule has 146 valence electrons. The van der Waals surface area contributed by atoms with Crippen LogP contribution in [0.15, 0.2) is 0 Å². The lowest BCUT2D eigenvalue weighted by molar-refractivity contribution is -0.219. The average molecular weight is 409 g/mol. The van der Waals surface area contributed by atoms with Crippen molar-refractivity contribution in [1.82, 2.24) is 0 Å². The summed E-state index contributed by atoms with van der Waals surface area (Å²) in [7, 11) is 1.42. The van der Waals surface area contributed by atoms with Gasteiger partial charge in [-0.25, -0.2) is 4.79 Å². The van der Waals surface area contributed by atoms with E-state index in [1.165, 1.54) is 7.11 Å². The van der Waals surface area contributed by atoms with Gasteiger partial charge in [-0.3, -0.25) is 0 Å². The second-order valence-electron chi connectivity index (χ2n) is 6.14. The SMILES string of the molecule is CCc1c(Cl)c(O)c(Cl)c(O)c1C(=O)O[C@H]1[C@H](O)[C@H](OC)[C@H](C)O[C@@H]1C. The fraction of sp³-hybridized carbons (Fsp3) is 0.588. The van der Waals surface area contributed by atoms with Crippen molar-refractivity contribution in [2.75, 3.05) is 7.11 Å². The summed E-state index contributed by atoms with van der Waals surface area (Å²) in [5.41, 5.74) is -0.0705. The molecule has 9 heteroatoms. The van der Waals surface area contributed by atoms with Gasteiger partial charge in [0, 0.05) is 7.11 Å². The minimum atomic E-state index is -1.13. The molecule has 0 amide bonds. The zero-order chi connectivity index (χ0) is 19.8. The molecule has 1 aromatic rings. The number of phenolic OH excluding ortho intramolecular Hbond substituents is 2. The van der Waals surface area contributed by atoms with E-state index in [1.807, 2.05) is 0 Å². The van der Waals surface area contributed by atoms with Crippen LogP contribution in [-0.2, 0) is 20.6 Å². The van der Waals surface area contributed by atoms with Gasteiger partial charge in [0.25, 0.3) is 0 Å². The molecule has 0 aliphatic carbocycles. The summed E-state index contributed by atoms with van der Waals surface area (Å²) in [6, 6.07) is 0. The highest BCUT2D eigenvalue weighted by Gasteiger charge is 2.44. The van der Waals surface area contributed by atoms with E-state index >= 15 is 0 Å². The van der Waals surface area contributed by atoms with Gasteiger partial charge in [0.05, 0.1) is 17.2 Å². The minimum Gasteiger partial charge on any atom is -0.505 e. The number of rotatable bonds is 4. The van der Waals surface area contributed by atoms with Gasteiger partial charge in [-0.2, -0.15) is 0 Å². The van der Waals surface area contributed by atoms with Gasteiger partial charge in [0.1, 0.15) is 22.8 Å². The third kappa shape index (κ3) is 3.59. The minimum absolute atomic E-state index is 0.140. The molecule has 1 aromatic carbocycles. The molecule has 7 nitrogen and oxygen atoms in total. The Labute approximate surface area is 161 Å². The van der Waals surface area contributed by atoms with Crippen LogP contribution in [0.3, 0.4) is 0 Å². The van der Waals surface area contributed by atoms with Crippen LogP contribution < -0.4 is 0 Å². The average Bonchev–Trinajstić information content (AvgIpc) is 2.59. The largest absolute Gasteiger partial charge is 0.505 e. The Bertz CT molecular complexity index is 694. The number of ether oxygens (including phenoxy) is 3. The van der Waals surface area contributed by atoms with Crippen molar-refractivity contribution in [3.63, 3.8) is 0 Å². The Kier molecular flexibility index (Phi) is 6.63. The molecule has 0 aromatic heterocycles. The van der Waals surface area contributed by atoms with Crippen LogP contribution in [0, 0.1) is 0 Å². The lowest BCUT2D eigenvalue weighted by Crippen LogP contribution is -2.57. The molecule has 5 atom stereocenters. The quantitative estimate of drug-likeness (QED) is 0.657. The molecule has 0 saturated carbocycles. The lowest BCUT2D eigenvalue weighted by atomic mass is 9.95. The molecule has 1 saturated heterocycles. The van der Waals surface area contributed by atoms with Crippen molar-refractivity contribution in [1.29, 1.82) is 0 Å². The number of halogens is 2. The third-order valence-corrected chi connectivity index (χ3v) is 5.29. The van der Waals surface area contributed by atoms with E-state index < -0.39 is 53.0 Å². The molecule has 1 aliphatic heterocycles. The molecule has 2 rings (SSSR count). The summed E-state index contributed by atoms with van der Waals surface area (Å²) < 4.78 is 16.3. The summed E-state index contributed by atoms with van der Waals surface area (Å²) in [4.78, 5) is 12.7. The highest BCUT2D eigenvalue weighted by atomic mass is 35.5. The number of phenols is 2. The van der Waals surface area contributed by atoms with Gasteiger partial charge in [0.2, 0.25) is 0 Å². The van der Waals surface area contributed by atoms with E-state index in [0.717, 1.165) is 0 Å². The maximum atomic E-state index is 12.7. The van der Waals surface area contributed by atoms with Crippen molar-refractivity contribution in [3.8, 4) is 11.5 Å². The molecular weight excluding hydrogens is 387 g/mol. The summed E-state index contributed by atoms with van der Waals surface area (Å²) >= 11 is 11.9. The molecule has 0 spiro atoms. The van der Waals surface area contributed by atoms with Gasteiger partial charge < -0.3 is 29.5 Å². The number of esters is 1. The topological polar surface area (TPSA) is 105 Å². The highest BCUT2D eigenvalue weighted by Crippen LogP contribution is 2.45. The number of aliphatic hydroxyl groups is 1. The maximum Gasteiger partial charge on any atom is 0.342 e. The predicted molar refractivity (Wildman–Crippen MR) is 95.2 cm³/mol. The zero-order valence-electron chi connectivity index (χ0n) is 14.8. The maximum absolute atomic E-state index is 12.7. The molecular formula is C17H22Cl2O7. The number of benzene rings is 1. The summed E-state index contributed by atoms with van der Waals surface area (Å²) in [5, 5.41) is 30.0. The number of aliphatic hydroxyl groups excluding tert-OH is 1. The lowest BCUT2D eigenvalue weighted by Gasteiger charge is -2.41. The van der Waals surface area contributed by atoms with E-state index in [0.29, 0.717) is 0 Å². The Morgan fingerprint density at radius 2 is 1.69 bits per heavy atom.